The molecule has 3 N–H and O–H groups in total. The van der Waals surface area contributed by atoms with E-state index in [4.69, 9.17) is 24.6 Å². The predicted octanol–water partition coefficient (Wildman–Crippen LogP) is 3.44. The van der Waals surface area contributed by atoms with Crippen molar-refractivity contribution in [2.24, 2.45) is 10.7 Å². The molecule has 0 saturated heterocycles. The van der Waals surface area contributed by atoms with Crippen molar-refractivity contribution in [3.05, 3.63) is 75.5 Å². The second-order valence-corrected chi connectivity index (χ2v) is 8.08. The Morgan fingerprint density at radius 2 is 2.09 bits per heavy atom. The fourth-order valence-corrected chi connectivity index (χ4v) is 4.47. The summed E-state index contributed by atoms with van der Waals surface area (Å²) in [4.78, 5) is 27.4. The molecule has 0 bridgehead atoms. The van der Waals surface area contributed by atoms with Crippen molar-refractivity contribution < 1.29 is 13.9 Å². The van der Waals surface area contributed by atoms with Crippen LogP contribution in [0.25, 0.3) is 10.9 Å². The van der Waals surface area contributed by atoms with Crippen molar-refractivity contribution in [1.82, 2.24) is 9.97 Å². The molecule has 2 aromatic heterocycles. The number of amidine groups is 1. The number of ether oxygens (including phenoxy) is 2. The SMILES string of the molecule is COc1cc2nc(N3CCc4c(cccc4N=C(N)c4ccco4)C3)[nH]c(=O)c2c(C)c1OC. The molecule has 5 rings (SSSR count). The van der Waals surface area contributed by atoms with Crippen LogP contribution < -0.4 is 25.7 Å². The lowest BCUT2D eigenvalue weighted by Gasteiger charge is -2.30. The molecule has 0 atom stereocenters. The topological polar surface area (TPSA) is 119 Å². The summed E-state index contributed by atoms with van der Waals surface area (Å²) in [5.74, 6) is 2.45. The van der Waals surface area contributed by atoms with Gasteiger partial charge in [-0.05, 0) is 42.7 Å². The Kier molecular flexibility index (Phi) is 5.45. The van der Waals surface area contributed by atoms with Crippen molar-refractivity contribution in [2.75, 3.05) is 25.7 Å². The summed E-state index contributed by atoms with van der Waals surface area (Å²) in [5, 5.41) is 0.490. The van der Waals surface area contributed by atoms with Gasteiger partial charge in [-0.1, -0.05) is 12.1 Å². The monoisotopic (exact) mass is 459 g/mol. The fourth-order valence-electron chi connectivity index (χ4n) is 4.47. The highest BCUT2D eigenvalue weighted by Crippen LogP contribution is 2.36. The molecule has 0 spiro atoms. The second-order valence-electron chi connectivity index (χ2n) is 8.08. The third-order valence-corrected chi connectivity index (χ3v) is 6.12. The van der Waals surface area contributed by atoms with Gasteiger partial charge < -0.3 is 24.5 Å². The normalized spacial score (nSPS) is 13.7. The Bertz CT molecular complexity index is 1460. The molecule has 1 aliphatic rings. The van der Waals surface area contributed by atoms with E-state index in [0.29, 0.717) is 58.6 Å². The number of fused-ring (bicyclic) bond motifs is 2. The number of furan rings is 1. The molecule has 0 fully saturated rings. The van der Waals surface area contributed by atoms with E-state index in [2.05, 4.69) is 20.9 Å². The smallest absolute Gasteiger partial charge is 0.260 e. The van der Waals surface area contributed by atoms with Gasteiger partial charge in [0.1, 0.15) is 0 Å². The number of nitrogens with two attached hydrogens (primary N) is 1. The molecule has 0 aliphatic carbocycles. The molecule has 2 aromatic carbocycles. The zero-order valence-electron chi connectivity index (χ0n) is 19.2. The minimum absolute atomic E-state index is 0.214. The second kappa shape index (κ2) is 8.58. The van der Waals surface area contributed by atoms with Crippen LogP contribution in [0.1, 0.15) is 22.5 Å². The average Bonchev–Trinajstić information content (AvgIpc) is 3.38. The van der Waals surface area contributed by atoms with Crippen LogP contribution in [0.4, 0.5) is 11.6 Å². The first-order valence-corrected chi connectivity index (χ1v) is 10.9. The van der Waals surface area contributed by atoms with Gasteiger partial charge in [0, 0.05) is 24.7 Å². The van der Waals surface area contributed by atoms with E-state index in [1.54, 1.807) is 38.7 Å². The molecule has 0 unspecified atom stereocenters. The van der Waals surface area contributed by atoms with E-state index in [1.807, 2.05) is 19.1 Å². The molecule has 174 valence electrons. The van der Waals surface area contributed by atoms with Crippen molar-refractivity contribution in [1.29, 1.82) is 0 Å². The third-order valence-electron chi connectivity index (χ3n) is 6.12. The molecule has 34 heavy (non-hydrogen) atoms. The molecule has 0 radical (unpaired) electrons. The molecule has 1 aliphatic heterocycles. The number of nitrogens with zero attached hydrogens (tertiary/aromatic N) is 3. The van der Waals surface area contributed by atoms with Crippen molar-refractivity contribution in [2.45, 2.75) is 19.9 Å². The molecule has 4 aromatic rings. The van der Waals surface area contributed by atoms with Crippen LogP contribution in [-0.2, 0) is 13.0 Å². The molecule has 0 saturated carbocycles. The minimum atomic E-state index is -0.214. The van der Waals surface area contributed by atoms with Crippen LogP contribution >= 0.6 is 0 Å². The van der Waals surface area contributed by atoms with Crippen molar-refractivity contribution >= 4 is 28.4 Å². The van der Waals surface area contributed by atoms with Crippen LogP contribution in [0.3, 0.4) is 0 Å². The number of methoxy groups -OCH3 is 2. The van der Waals surface area contributed by atoms with Gasteiger partial charge in [0.05, 0.1) is 37.1 Å². The highest BCUT2D eigenvalue weighted by atomic mass is 16.5. The number of anilines is 1. The highest BCUT2D eigenvalue weighted by molar-refractivity contribution is 5.96. The first-order valence-electron chi connectivity index (χ1n) is 10.9. The van der Waals surface area contributed by atoms with Crippen LogP contribution in [-0.4, -0.2) is 36.6 Å². The Balaban J connectivity index is 1.50. The van der Waals surface area contributed by atoms with E-state index in [9.17, 15) is 4.79 Å². The predicted molar refractivity (Wildman–Crippen MR) is 130 cm³/mol. The molecule has 3 heterocycles. The lowest BCUT2D eigenvalue weighted by Crippen LogP contribution is -2.33. The van der Waals surface area contributed by atoms with Gasteiger partial charge in [-0.25, -0.2) is 9.98 Å². The van der Waals surface area contributed by atoms with Crippen LogP contribution in [0, 0.1) is 6.92 Å². The summed E-state index contributed by atoms with van der Waals surface area (Å²) < 4.78 is 16.2. The van der Waals surface area contributed by atoms with Crippen molar-refractivity contribution in [3.8, 4) is 11.5 Å². The van der Waals surface area contributed by atoms with Gasteiger partial charge in [0.25, 0.3) is 5.56 Å². The molecule has 9 nitrogen and oxygen atoms in total. The molecule has 0 amide bonds. The van der Waals surface area contributed by atoms with Crippen LogP contribution in [0.5, 0.6) is 11.5 Å². The van der Waals surface area contributed by atoms with Gasteiger partial charge in [-0.2, -0.15) is 0 Å². The summed E-state index contributed by atoms with van der Waals surface area (Å²) >= 11 is 0. The minimum Gasteiger partial charge on any atom is -0.493 e. The lowest BCUT2D eigenvalue weighted by molar-refractivity contribution is 0.354. The van der Waals surface area contributed by atoms with E-state index in [-0.39, 0.29) is 5.56 Å². The number of hydrogen-bond acceptors (Lipinski definition) is 7. The third kappa shape index (κ3) is 3.64. The number of aromatic amines is 1. The number of nitrogens with one attached hydrogen (secondary N) is 1. The first kappa shape index (κ1) is 21.6. The van der Waals surface area contributed by atoms with E-state index >= 15 is 0 Å². The summed E-state index contributed by atoms with van der Waals surface area (Å²) in [7, 11) is 3.12. The van der Waals surface area contributed by atoms with Gasteiger partial charge in [-0.15, -0.1) is 0 Å². The van der Waals surface area contributed by atoms with Crippen molar-refractivity contribution in [3.63, 3.8) is 0 Å². The number of aromatic nitrogens is 2. The van der Waals surface area contributed by atoms with Crippen LogP contribution in [0.15, 0.2) is 56.9 Å². The molecular weight excluding hydrogens is 434 g/mol. The zero-order chi connectivity index (χ0) is 23.8. The number of aliphatic imine (C=N–C) groups is 1. The Hall–Kier alpha value is -4.27. The van der Waals surface area contributed by atoms with Gasteiger partial charge in [-0.3, -0.25) is 9.78 Å². The Labute approximate surface area is 195 Å². The van der Waals surface area contributed by atoms with Crippen LogP contribution in [0.2, 0.25) is 0 Å². The summed E-state index contributed by atoms with van der Waals surface area (Å²) in [6.07, 6.45) is 2.30. The average molecular weight is 460 g/mol. The number of hydrogen-bond donors (Lipinski definition) is 2. The van der Waals surface area contributed by atoms with E-state index in [1.165, 1.54) is 0 Å². The molecule has 9 heteroatoms. The first-order chi connectivity index (χ1) is 16.5. The number of rotatable bonds is 5. The largest absolute Gasteiger partial charge is 0.493 e. The number of aryl methyl sites for hydroxylation is 1. The van der Waals surface area contributed by atoms with E-state index in [0.717, 1.165) is 23.2 Å². The maximum atomic E-state index is 13.0. The Morgan fingerprint density at radius 3 is 2.82 bits per heavy atom. The standard InChI is InChI=1S/C25H25N5O4/c1-14-21-18(12-20(32-2)22(14)33-3)28-25(29-24(21)31)30-10-9-16-15(13-30)6-4-7-17(16)27-23(26)19-8-5-11-34-19/h4-8,11-12H,9-10,13H2,1-3H3,(H2,26,27)(H,28,29,31). The molecular formula is C25H25N5O4. The lowest BCUT2D eigenvalue weighted by atomic mass is 9.98. The summed E-state index contributed by atoms with van der Waals surface area (Å²) in [6, 6.07) is 11.3. The maximum absolute atomic E-state index is 13.0. The van der Waals surface area contributed by atoms with E-state index < -0.39 is 0 Å². The Morgan fingerprint density at radius 1 is 1.24 bits per heavy atom. The number of H-pyrrole nitrogens is 1. The maximum Gasteiger partial charge on any atom is 0.260 e. The van der Waals surface area contributed by atoms with Gasteiger partial charge in [0.15, 0.2) is 23.1 Å². The fraction of sp³-hybridized carbons (Fsp3) is 0.240. The zero-order valence-corrected chi connectivity index (χ0v) is 19.2. The summed E-state index contributed by atoms with van der Waals surface area (Å²) in [5.41, 5.74) is 10.2. The highest BCUT2D eigenvalue weighted by Gasteiger charge is 2.23. The summed E-state index contributed by atoms with van der Waals surface area (Å²) in [6.45, 7) is 3.08. The quantitative estimate of drug-likeness (QED) is 0.347. The number of benzene rings is 2. The van der Waals surface area contributed by atoms with Gasteiger partial charge in [0.2, 0.25) is 5.95 Å². The van der Waals surface area contributed by atoms with Gasteiger partial charge >= 0.3 is 0 Å².